The van der Waals surface area contributed by atoms with E-state index in [-0.39, 0.29) is 12.0 Å². The first kappa shape index (κ1) is 16.5. The molecule has 1 N–H and O–H groups in total. The molecule has 3 nitrogen and oxygen atoms in total. The molecular formula is C20H30N2O. The average molecular weight is 314 g/mol. The summed E-state index contributed by atoms with van der Waals surface area (Å²) in [5.41, 5.74) is 2.58. The van der Waals surface area contributed by atoms with Gasteiger partial charge in [0.25, 0.3) is 0 Å². The van der Waals surface area contributed by atoms with E-state index in [1.54, 1.807) is 0 Å². The van der Waals surface area contributed by atoms with Crippen molar-refractivity contribution in [3.63, 3.8) is 0 Å². The van der Waals surface area contributed by atoms with Crippen molar-refractivity contribution < 1.29 is 4.79 Å². The Kier molecular flexibility index (Phi) is 5.05. The summed E-state index contributed by atoms with van der Waals surface area (Å²) < 4.78 is 0. The molecule has 0 bridgehead atoms. The molecule has 0 spiro atoms. The number of aryl methyl sites for hydroxylation is 1. The number of likely N-dealkylation sites (tertiary alicyclic amines) is 1. The highest BCUT2D eigenvalue weighted by Gasteiger charge is 2.37. The van der Waals surface area contributed by atoms with Crippen LogP contribution in [0.3, 0.4) is 0 Å². The van der Waals surface area contributed by atoms with Gasteiger partial charge in [0.1, 0.15) is 0 Å². The maximum absolute atomic E-state index is 13.2. The zero-order chi connectivity index (χ0) is 16.4. The third-order valence-electron chi connectivity index (χ3n) is 5.61. The van der Waals surface area contributed by atoms with Gasteiger partial charge >= 0.3 is 0 Å². The monoisotopic (exact) mass is 314 g/mol. The highest BCUT2D eigenvalue weighted by Crippen LogP contribution is 2.37. The Morgan fingerprint density at radius 3 is 2.61 bits per heavy atom. The van der Waals surface area contributed by atoms with Crippen LogP contribution in [0.4, 0.5) is 0 Å². The summed E-state index contributed by atoms with van der Waals surface area (Å²) in [6, 6.07) is 9.48. The summed E-state index contributed by atoms with van der Waals surface area (Å²) in [6.07, 6.45) is 4.31. The quantitative estimate of drug-likeness (QED) is 0.903. The molecule has 2 unspecified atom stereocenters. The first-order valence-electron chi connectivity index (χ1n) is 9.16. The van der Waals surface area contributed by atoms with E-state index in [2.05, 4.69) is 55.3 Å². The molecule has 1 aromatic rings. The van der Waals surface area contributed by atoms with E-state index < -0.39 is 0 Å². The molecule has 1 amide bonds. The predicted molar refractivity (Wildman–Crippen MR) is 94.2 cm³/mol. The topological polar surface area (TPSA) is 32.3 Å². The minimum absolute atomic E-state index is 0.199. The third kappa shape index (κ3) is 3.60. The van der Waals surface area contributed by atoms with Gasteiger partial charge in [0.15, 0.2) is 0 Å². The highest BCUT2D eigenvalue weighted by atomic mass is 16.2. The van der Waals surface area contributed by atoms with Gasteiger partial charge in [0.05, 0.1) is 6.04 Å². The molecule has 0 aromatic heterocycles. The van der Waals surface area contributed by atoms with Crippen molar-refractivity contribution in [1.29, 1.82) is 0 Å². The van der Waals surface area contributed by atoms with E-state index >= 15 is 0 Å². The Morgan fingerprint density at radius 1 is 1.17 bits per heavy atom. The number of carbonyl (C=O) groups is 1. The first-order chi connectivity index (χ1) is 11.1. The number of nitrogens with zero attached hydrogens (tertiary/aromatic N) is 1. The van der Waals surface area contributed by atoms with Gasteiger partial charge in [-0.2, -0.15) is 0 Å². The van der Waals surface area contributed by atoms with Crippen LogP contribution in [0.5, 0.6) is 0 Å². The van der Waals surface area contributed by atoms with Crippen LogP contribution in [-0.4, -0.2) is 29.9 Å². The van der Waals surface area contributed by atoms with Crippen molar-refractivity contribution in [2.45, 2.75) is 58.5 Å². The summed E-state index contributed by atoms with van der Waals surface area (Å²) in [7, 11) is 0. The lowest BCUT2D eigenvalue weighted by Gasteiger charge is -2.43. The summed E-state index contributed by atoms with van der Waals surface area (Å²) in [4.78, 5) is 15.4. The molecule has 2 aliphatic rings. The van der Waals surface area contributed by atoms with Crippen LogP contribution in [0, 0.1) is 18.8 Å². The van der Waals surface area contributed by atoms with Crippen molar-refractivity contribution in [3.8, 4) is 0 Å². The molecule has 3 rings (SSSR count). The molecule has 2 aliphatic heterocycles. The van der Waals surface area contributed by atoms with E-state index in [1.165, 1.54) is 17.5 Å². The average Bonchev–Trinajstić information content (AvgIpc) is 2.55. The Hall–Kier alpha value is -1.35. The molecule has 2 heterocycles. The van der Waals surface area contributed by atoms with Gasteiger partial charge < -0.3 is 10.2 Å². The number of piperidine rings is 2. The molecular weight excluding hydrogens is 284 g/mol. The molecule has 1 aromatic carbocycles. The minimum Gasteiger partial charge on any atom is -0.335 e. The highest BCUT2D eigenvalue weighted by molar-refractivity contribution is 5.79. The van der Waals surface area contributed by atoms with E-state index in [1.807, 2.05) is 0 Å². The lowest BCUT2D eigenvalue weighted by molar-refractivity contribution is -0.142. The van der Waals surface area contributed by atoms with E-state index in [0.29, 0.717) is 17.9 Å². The van der Waals surface area contributed by atoms with Gasteiger partial charge in [-0.25, -0.2) is 0 Å². The number of rotatable bonds is 2. The lowest BCUT2D eigenvalue weighted by Crippen LogP contribution is -2.48. The van der Waals surface area contributed by atoms with Crippen molar-refractivity contribution in [1.82, 2.24) is 10.2 Å². The second-order valence-corrected chi connectivity index (χ2v) is 7.58. The number of carbonyl (C=O) groups excluding carboxylic acids is 1. The molecule has 0 saturated carbocycles. The largest absolute Gasteiger partial charge is 0.335 e. The standard InChI is InChI=1S/C20H30N2O/c1-14-6-8-17(9-7-14)19-15(2)5-4-12-22(19)20(23)18-10-11-21-16(3)13-18/h6-9,15-16,18-19,21H,4-5,10-13H2,1-3H3/t15?,16-,18-,19?/m0/s1. The molecule has 0 radical (unpaired) electrons. The smallest absolute Gasteiger partial charge is 0.226 e. The van der Waals surface area contributed by atoms with Gasteiger partial charge in [-0.1, -0.05) is 36.8 Å². The molecule has 126 valence electrons. The second-order valence-electron chi connectivity index (χ2n) is 7.58. The van der Waals surface area contributed by atoms with Crippen LogP contribution in [-0.2, 0) is 4.79 Å². The Balaban J connectivity index is 1.82. The van der Waals surface area contributed by atoms with Crippen LogP contribution < -0.4 is 5.32 Å². The Labute approximate surface area is 140 Å². The fourth-order valence-corrected chi connectivity index (χ4v) is 4.30. The predicted octanol–water partition coefficient (Wildman–Crippen LogP) is 3.68. The van der Waals surface area contributed by atoms with Gasteiger partial charge in [-0.3, -0.25) is 4.79 Å². The number of amides is 1. The number of benzene rings is 1. The molecule has 23 heavy (non-hydrogen) atoms. The maximum Gasteiger partial charge on any atom is 0.226 e. The number of hydrogen-bond donors (Lipinski definition) is 1. The maximum atomic E-state index is 13.2. The summed E-state index contributed by atoms with van der Waals surface area (Å²) in [5, 5.41) is 3.46. The molecule has 4 atom stereocenters. The van der Waals surface area contributed by atoms with E-state index in [0.717, 1.165) is 32.4 Å². The molecule has 0 aliphatic carbocycles. The molecule has 2 fully saturated rings. The van der Waals surface area contributed by atoms with Crippen LogP contribution in [0.15, 0.2) is 24.3 Å². The Morgan fingerprint density at radius 2 is 1.91 bits per heavy atom. The third-order valence-corrected chi connectivity index (χ3v) is 5.61. The zero-order valence-corrected chi connectivity index (χ0v) is 14.7. The first-order valence-corrected chi connectivity index (χ1v) is 9.16. The fourth-order valence-electron chi connectivity index (χ4n) is 4.30. The van der Waals surface area contributed by atoms with E-state index in [9.17, 15) is 4.79 Å². The van der Waals surface area contributed by atoms with Crippen LogP contribution in [0.25, 0.3) is 0 Å². The zero-order valence-electron chi connectivity index (χ0n) is 14.7. The SMILES string of the molecule is Cc1ccc(C2C(C)CCCN2C(=O)[C@H]2CCN[C@@H](C)C2)cc1. The van der Waals surface area contributed by atoms with Crippen molar-refractivity contribution >= 4 is 5.91 Å². The summed E-state index contributed by atoms with van der Waals surface area (Å²) >= 11 is 0. The second kappa shape index (κ2) is 7.04. The fraction of sp³-hybridized carbons (Fsp3) is 0.650. The molecule has 2 saturated heterocycles. The number of nitrogens with one attached hydrogen (secondary N) is 1. The van der Waals surface area contributed by atoms with Gasteiger partial charge in [0.2, 0.25) is 5.91 Å². The van der Waals surface area contributed by atoms with E-state index in [4.69, 9.17) is 0 Å². The van der Waals surface area contributed by atoms with Gasteiger partial charge in [-0.05, 0) is 57.6 Å². The minimum atomic E-state index is 0.199. The van der Waals surface area contributed by atoms with Gasteiger partial charge in [0, 0.05) is 18.5 Å². The number of hydrogen-bond acceptors (Lipinski definition) is 2. The van der Waals surface area contributed by atoms with Crippen LogP contribution >= 0.6 is 0 Å². The lowest BCUT2D eigenvalue weighted by atomic mass is 9.83. The van der Waals surface area contributed by atoms with Crippen molar-refractivity contribution in [2.24, 2.45) is 11.8 Å². The molecule has 3 heteroatoms. The van der Waals surface area contributed by atoms with Crippen molar-refractivity contribution in [2.75, 3.05) is 13.1 Å². The normalized spacial score (nSPS) is 31.9. The van der Waals surface area contributed by atoms with Crippen LogP contribution in [0.1, 0.15) is 56.7 Å². The van der Waals surface area contributed by atoms with Crippen molar-refractivity contribution in [3.05, 3.63) is 35.4 Å². The summed E-state index contributed by atoms with van der Waals surface area (Å²) in [5.74, 6) is 1.12. The summed E-state index contributed by atoms with van der Waals surface area (Å²) in [6.45, 7) is 8.49. The Bertz CT molecular complexity index is 539. The van der Waals surface area contributed by atoms with Gasteiger partial charge in [-0.15, -0.1) is 0 Å². The van der Waals surface area contributed by atoms with Crippen LogP contribution in [0.2, 0.25) is 0 Å².